The number of hydrogen-bond donors (Lipinski definition) is 13. The number of aromatic nitrogens is 6. The van der Waals surface area contributed by atoms with Crippen LogP contribution in [0.5, 0.6) is 0 Å². The van der Waals surface area contributed by atoms with E-state index < -0.39 is 23.5 Å². The van der Waals surface area contributed by atoms with E-state index in [1.165, 1.54) is 0 Å². The van der Waals surface area contributed by atoms with Crippen LogP contribution in [0.3, 0.4) is 0 Å². The maximum Gasteiger partial charge on any atom is 0.478 e. The summed E-state index contributed by atoms with van der Waals surface area (Å²) in [5.74, 6) is 0.250. The minimum Gasteiger partial charge on any atom is -0.368 e. The largest absolute Gasteiger partial charge is 0.478 e. The monoisotopic (exact) mass is 528 g/mol. The SMILES string of the molecule is Nc1nc(N)nc(N)n1.Nc1nc(N)nc(N)n1.O=P(O)(O)O.O=P(O)(O)OP(=O)(O)O. The summed E-state index contributed by atoms with van der Waals surface area (Å²) in [6.07, 6.45) is 0. The number of phosphoric acid groups is 3. The predicted octanol–water partition coefficient (Wildman–Crippen LogP) is -4.50. The third-order valence-corrected chi connectivity index (χ3v) is 3.29. The van der Waals surface area contributed by atoms with Gasteiger partial charge in [-0.05, 0) is 0 Å². The van der Waals surface area contributed by atoms with Crippen LogP contribution < -0.4 is 34.4 Å². The van der Waals surface area contributed by atoms with Gasteiger partial charge in [-0.15, -0.1) is 0 Å². The van der Waals surface area contributed by atoms with Crippen molar-refractivity contribution in [2.75, 3.05) is 34.4 Å². The van der Waals surface area contributed by atoms with Crippen LogP contribution in [-0.2, 0) is 18.0 Å². The lowest BCUT2D eigenvalue weighted by Gasteiger charge is -2.03. The lowest BCUT2D eigenvalue weighted by molar-refractivity contribution is 0.225. The van der Waals surface area contributed by atoms with Crippen LogP contribution in [0.1, 0.15) is 0 Å². The van der Waals surface area contributed by atoms with Crippen LogP contribution in [0.25, 0.3) is 0 Å². The van der Waals surface area contributed by atoms with Crippen LogP contribution in [0.4, 0.5) is 35.7 Å². The van der Waals surface area contributed by atoms with Crippen molar-refractivity contribution in [1.82, 2.24) is 29.9 Å². The third kappa shape index (κ3) is 25.2. The van der Waals surface area contributed by atoms with Crippen molar-refractivity contribution in [3.63, 3.8) is 0 Å². The summed E-state index contributed by atoms with van der Waals surface area (Å²) >= 11 is 0. The van der Waals surface area contributed by atoms with Crippen molar-refractivity contribution in [3.05, 3.63) is 0 Å². The van der Waals surface area contributed by atoms with Gasteiger partial charge >= 0.3 is 23.5 Å². The third-order valence-electron chi connectivity index (χ3n) is 1.59. The summed E-state index contributed by atoms with van der Waals surface area (Å²) in [7, 11) is -14.7. The molecule has 0 spiro atoms. The van der Waals surface area contributed by atoms with Crippen molar-refractivity contribution in [1.29, 1.82) is 0 Å². The quantitative estimate of drug-likeness (QED) is 0.163. The van der Waals surface area contributed by atoms with Gasteiger partial charge in [0.2, 0.25) is 35.7 Å². The number of anilines is 6. The molecule has 23 nitrogen and oxygen atoms in total. The minimum absolute atomic E-state index is 0.0417. The summed E-state index contributed by atoms with van der Waals surface area (Å²) in [5, 5.41) is 0. The zero-order valence-electron chi connectivity index (χ0n) is 15.3. The first kappa shape index (κ1) is 31.4. The van der Waals surface area contributed by atoms with Gasteiger partial charge in [-0.3, -0.25) is 0 Å². The number of hydrogen-bond acceptors (Lipinski definition) is 16. The molecule has 0 bridgehead atoms. The van der Waals surface area contributed by atoms with E-state index >= 15 is 0 Å². The molecule has 0 aliphatic rings. The molecule has 0 atom stereocenters. The molecule has 0 saturated carbocycles. The second-order valence-corrected chi connectivity index (χ2v) is 8.04. The van der Waals surface area contributed by atoms with Gasteiger partial charge in [0, 0.05) is 0 Å². The molecule has 0 aliphatic heterocycles. The summed E-state index contributed by atoms with van der Waals surface area (Å²) in [4.78, 5) is 73.5. The highest BCUT2D eigenvalue weighted by molar-refractivity contribution is 7.60. The first-order chi connectivity index (χ1) is 14.1. The van der Waals surface area contributed by atoms with Crippen molar-refractivity contribution in [2.24, 2.45) is 0 Å². The second kappa shape index (κ2) is 12.9. The van der Waals surface area contributed by atoms with Gasteiger partial charge in [0.25, 0.3) is 0 Å². The van der Waals surface area contributed by atoms with Gasteiger partial charge < -0.3 is 68.7 Å². The Balaban J connectivity index is 0. The van der Waals surface area contributed by atoms with Crippen molar-refractivity contribution in [2.45, 2.75) is 0 Å². The molecule has 0 saturated heterocycles. The predicted molar refractivity (Wildman–Crippen MR) is 106 cm³/mol. The van der Waals surface area contributed by atoms with E-state index in [4.69, 9.17) is 73.2 Å². The highest BCUT2D eigenvalue weighted by Crippen LogP contribution is 2.53. The summed E-state index contributed by atoms with van der Waals surface area (Å²) in [6, 6.07) is 0. The summed E-state index contributed by atoms with van der Waals surface area (Å²) < 4.78 is 31.1. The number of nitrogen functional groups attached to an aromatic ring is 6. The zero-order chi connectivity index (χ0) is 25.9. The van der Waals surface area contributed by atoms with E-state index in [1.807, 2.05) is 0 Å². The van der Waals surface area contributed by atoms with E-state index in [1.54, 1.807) is 0 Å². The number of nitrogens with two attached hydrogens (primary N) is 6. The molecule has 2 aromatic rings. The molecule has 32 heavy (non-hydrogen) atoms. The molecular formula is C6H19N12O11P3. The average Bonchev–Trinajstić information content (AvgIpc) is 2.38. The molecule has 0 amide bonds. The normalized spacial score (nSPS) is 11.0. The molecule has 19 N–H and O–H groups in total. The fourth-order valence-corrected chi connectivity index (χ4v) is 2.10. The minimum atomic E-state index is -5.05. The second-order valence-electron chi connectivity index (χ2n) is 4.40. The van der Waals surface area contributed by atoms with E-state index in [0.717, 1.165) is 0 Å². The van der Waals surface area contributed by atoms with E-state index in [-0.39, 0.29) is 35.7 Å². The number of rotatable bonds is 2. The van der Waals surface area contributed by atoms with Crippen LogP contribution in [0, 0.1) is 0 Å². The molecule has 26 heteroatoms. The highest BCUT2D eigenvalue weighted by atomic mass is 31.3. The smallest absolute Gasteiger partial charge is 0.368 e. The molecular weight excluding hydrogens is 509 g/mol. The lowest BCUT2D eigenvalue weighted by atomic mass is 10.9. The van der Waals surface area contributed by atoms with Crippen molar-refractivity contribution < 1.29 is 52.3 Å². The van der Waals surface area contributed by atoms with E-state index in [2.05, 4.69) is 34.2 Å². The summed E-state index contributed by atoms with van der Waals surface area (Å²) in [6.45, 7) is 0. The Morgan fingerprint density at radius 1 is 0.469 bits per heavy atom. The van der Waals surface area contributed by atoms with Gasteiger partial charge in [-0.1, -0.05) is 0 Å². The molecule has 0 unspecified atom stereocenters. The van der Waals surface area contributed by atoms with Crippen molar-refractivity contribution >= 4 is 59.2 Å². The first-order valence-electron chi connectivity index (χ1n) is 6.73. The Morgan fingerprint density at radius 3 is 0.656 bits per heavy atom. The lowest BCUT2D eigenvalue weighted by Crippen LogP contribution is -2.05. The maximum absolute atomic E-state index is 9.63. The molecule has 2 heterocycles. The Labute approximate surface area is 176 Å². The van der Waals surface area contributed by atoms with Crippen molar-refractivity contribution in [3.8, 4) is 0 Å². The fourth-order valence-electron chi connectivity index (χ4n) is 0.993. The molecule has 2 rings (SSSR count). The maximum atomic E-state index is 9.63. The van der Waals surface area contributed by atoms with Gasteiger partial charge in [-0.2, -0.15) is 34.2 Å². The van der Waals surface area contributed by atoms with Crippen LogP contribution in [-0.4, -0.2) is 64.2 Å². The van der Waals surface area contributed by atoms with Crippen LogP contribution in [0.2, 0.25) is 0 Å². The Hall–Kier alpha value is -2.81. The fraction of sp³-hybridized carbons (Fsp3) is 0. The van der Waals surface area contributed by atoms with Gasteiger partial charge in [0.1, 0.15) is 0 Å². The topological polar surface area (TPSA) is 436 Å². The van der Waals surface area contributed by atoms with E-state index in [0.29, 0.717) is 0 Å². The first-order valence-corrected chi connectivity index (χ1v) is 11.4. The van der Waals surface area contributed by atoms with Gasteiger partial charge in [0.05, 0.1) is 0 Å². The molecule has 0 aliphatic carbocycles. The molecule has 0 fully saturated rings. The van der Waals surface area contributed by atoms with Crippen LogP contribution >= 0.6 is 23.5 Å². The number of nitrogens with zero attached hydrogens (tertiary/aromatic N) is 6. The molecule has 184 valence electrons. The highest BCUT2D eigenvalue weighted by Gasteiger charge is 2.27. The van der Waals surface area contributed by atoms with E-state index in [9.17, 15) is 9.13 Å². The van der Waals surface area contributed by atoms with Gasteiger partial charge in [0.15, 0.2) is 0 Å². The zero-order valence-corrected chi connectivity index (χ0v) is 17.9. The Kier molecular flexibility index (Phi) is 12.7. The standard InChI is InChI=1S/2C3H6N6.H4O7P2.H3O4P/c2*4-1-7-2(5)9-3(6)8-1;1-8(2,3)7-9(4,5)6;1-5(2,3)4/h2*(H6,4,5,6,7,8,9);(H2,1,2,3)(H2,4,5,6);(H3,1,2,3,4). The summed E-state index contributed by atoms with van der Waals surface area (Å²) in [5.41, 5.74) is 30.8. The van der Waals surface area contributed by atoms with Crippen LogP contribution in [0.15, 0.2) is 0 Å². The molecule has 0 aromatic carbocycles. The molecule has 0 radical (unpaired) electrons. The van der Waals surface area contributed by atoms with Gasteiger partial charge in [-0.25, -0.2) is 13.7 Å². The molecule has 2 aromatic heterocycles. The average molecular weight is 528 g/mol. The Bertz CT molecular complexity index is 827. The Morgan fingerprint density at radius 2 is 0.594 bits per heavy atom.